The van der Waals surface area contributed by atoms with Gasteiger partial charge in [-0.25, -0.2) is 0 Å². The van der Waals surface area contributed by atoms with Crippen molar-refractivity contribution in [2.45, 2.75) is 85.6 Å². The van der Waals surface area contributed by atoms with Crippen molar-refractivity contribution in [1.82, 2.24) is 4.57 Å². The van der Waals surface area contributed by atoms with Gasteiger partial charge in [-0.3, -0.25) is 9.59 Å². The van der Waals surface area contributed by atoms with Gasteiger partial charge in [-0.15, -0.1) is 0 Å². The molecule has 0 radical (unpaired) electrons. The second-order valence-corrected chi connectivity index (χ2v) is 7.85. The number of hydrogen-bond donors (Lipinski definition) is 0. The smallest absolute Gasteiger partial charge is 0.308 e. The van der Waals surface area contributed by atoms with Crippen molar-refractivity contribution in [2.24, 2.45) is 0 Å². The molecule has 2 rings (SSSR count). The normalized spacial score (nSPS) is 11.0. The summed E-state index contributed by atoms with van der Waals surface area (Å²) in [5, 5.41) is 0.751. The van der Waals surface area contributed by atoms with E-state index in [1.165, 1.54) is 19.8 Å². The first-order chi connectivity index (χ1) is 15.0. The minimum atomic E-state index is -0.536. The molecule has 0 aliphatic carbocycles. The second-order valence-electron chi connectivity index (χ2n) is 7.85. The molecule has 1 aromatic heterocycles. The average Bonchev–Trinajstić information content (AvgIpc) is 2.75. The number of rotatable bonds is 14. The van der Waals surface area contributed by atoms with Crippen molar-refractivity contribution in [1.29, 1.82) is 0 Å². The van der Waals surface area contributed by atoms with E-state index in [1.807, 2.05) is 18.2 Å². The largest absolute Gasteiger partial charge is 0.494 e. The lowest BCUT2D eigenvalue weighted by Gasteiger charge is -2.18. The predicted octanol–water partition coefficient (Wildman–Crippen LogP) is 5.86. The molecule has 1 heterocycles. The summed E-state index contributed by atoms with van der Waals surface area (Å²) in [4.78, 5) is 25.0. The highest BCUT2D eigenvalue weighted by molar-refractivity contribution is 5.90. The molecule has 1 aromatic carbocycles. The molecule has 0 unspecified atom stereocenters. The molecular formula is C25H37NO5. The summed E-state index contributed by atoms with van der Waals surface area (Å²) in [6, 6.07) is 5.68. The van der Waals surface area contributed by atoms with Crippen LogP contribution in [0.1, 0.15) is 79.1 Å². The number of nitrogens with zero attached hydrogens (tertiary/aromatic N) is 1. The molecular weight excluding hydrogens is 394 g/mol. The van der Waals surface area contributed by atoms with Crippen LogP contribution in [0.25, 0.3) is 10.9 Å². The summed E-state index contributed by atoms with van der Waals surface area (Å²) in [6.07, 6.45) is 8.13. The molecule has 0 amide bonds. The molecule has 0 aliphatic rings. The maximum Gasteiger partial charge on any atom is 0.308 e. The van der Waals surface area contributed by atoms with Crippen molar-refractivity contribution in [2.75, 3.05) is 13.2 Å². The van der Waals surface area contributed by atoms with Crippen LogP contribution < -0.4 is 19.8 Å². The topological polar surface area (TPSA) is 66.8 Å². The lowest BCUT2D eigenvalue weighted by molar-refractivity contribution is -0.132. The molecule has 0 saturated heterocycles. The zero-order valence-corrected chi connectivity index (χ0v) is 19.5. The summed E-state index contributed by atoms with van der Waals surface area (Å²) >= 11 is 0. The Morgan fingerprint density at radius 2 is 1.58 bits per heavy atom. The van der Waals surface area contributed by atoms with E-state index in [1.54, 1.807) is 4.57 Å². The maximum absolute atomic E-state index is 13.3. The van der Waals surface area contributed by atoms with Crippen LogP contribution in [0.2, 0.25) is 0 Å². The molecule has 0 spiro atoms. The zero-order valence-electron chi connectivity index (χ0n) is 19.5. The molecule has 0 atom stereocenters. The van der Waals surface area contributed by atoms with Gasteiger partial charge >= 0.3 is 5.97 Å². The molecule has 2 aromatic rings. The van der Waals surface area contributed by atoms with Gasteiger partial charge in [-0.05, 0) is 31.4 Å². The van der Waals surface area contributed by atoms with Gasteiger partial charge in [-0.2, -0.15) is 0 Å². The van der Waals surface area contributed by atoms with Crippen LogP contribution in [0.3, 0.4) is 0 Å². The Balaban J connectivity index is 2.51. The minimum Gasteiger partial charge on any atom is -0.494 e. The standard InChI is InChI=1S/C25H37NO5/c1-5-8-11-12-17-29-20-13-14-21-22(18-20)26(15-9-6-2)25(28)24(31-19(4)27)23(21)30-16-10-7-3/h13-14,18H,5-12,15-17H2,1-4H3. The fourth-order valence-corrected chi connectivity index (χ4v) is 3.42. The highest BCUT2D eigenvalue weighted by atomic mass is 16.6. The number of aryl methyl sites for hydroxylation is 1. The van der Waals surface area contributed by atoms with Crippen molar-refractivity contribution in [3.05, 3.63) is 28.6 Å². The van der Waals surface area contributed by atoms with Gasteiger partial charge in [0.1, 0.15) is 5.75 Å². The van der Waals surface area contributed by atoms with Crippen molar-refractivity contribution in [3.8, 4) is 17.2 Å². The number of ether oxygens (including phenoxy) is 3. The average molecular weight is 432 g/mol. The highest BCUT2D eigenvalue weighted by Gasteiger charge is 2.21. The summed E-state index contributed by atoms with van der Waals surface area (Å²) in [5.74, 6) is 0.505. The molecule has 0 fully saturated rings. The molecule has 31 heavy (non-hydrogen) atoms. The van der Waals surface area contributed by atoms with E-state index in [0.29, 0.717) is 25.5 Å². The third-order valence-corrected chi connectivity index (χ3v) is 5.14. The Morgan fingerprint density at radius 3 is 2.26 bits per heavy atom. The summed E-state index contributed by atoms with van der Waals surface area (Å²) in [6.45, 7) is 9.27. The van der Waals surface area contributed by atoms with Crippen LogP contribution >= 0.6 is 0 Å². The van der Waals surface area contributed by atoms with E-state index in [4.69, 9.17) is 14.2 Å². The first-order valence-corrected chi connectivity index (χ1v) is 11.7. The van der Waals surface area contributed by atoms with Crippen molar-refractivity contribution >= 4 is 16.9 Å². The fourth-order valence-electron chi connectivity index (χ4n) is 3.42. The molecule has 0 aliphatic heterocycles. The molecule has 0 N–H and O–H groups in total. The van der Waals surface area contributed by atoms with Gasteiger partial charge in [0.2, 0.25) is 5.75 Å². The number of carbonyl (C=O) groups excluding carboxylic acids is 1. The maximum atomic E-state index is 13.3. The lowest BCUT2D eigenvalue weighted by atomic mass is 10.1. The van der Waals surface area contributed by atoms with Crippen LogP contribution in [0, 0.1) is 0 Å². The van der Waals surface area contributed by atoms with Gasteiger partial charge in [0, 0.05) is 24.9 Å². The third-order valence-electron chi connectivity index (χ3n) is 5.14. The number of aromatic nitrogens is 1. The first-order valence-electron chi connectivity index (χ1n) is 11.7. The number of pyridine rings is 1. The number of carbonyl (C=O) groups is 1. The van der Waals surface area contributed by atoms with Crippen molar-refractivity contribution in [3.63, 3.8) is 0 Å². The monoisotopic (exact) mass is 431 g/mol. The number of benzene rings is 1. The van der Waals surface area contributed by atoms with E-state index >= 15 is 0 Å². The van der Waals surface area contributed by atoms with E-state index in [0.717, 1.165) is 55.2 Å². The van der Waals surface area contributed by atoms with Crippen LogP contribution in [0.4, 0.5) is 0 Å². The lowest BCUT2D eigenvalue weighted by Crippen LogP contribution is -2.25. The Hall–Kier alpha value is -2.50. The number of hydrogen-bond acceptors (Lipinski definition) is 5. The molecule has 6 heteroatoms. The molecule has 6 nitrogen and oxygen atoms in total. The number of unbranched alkanes of at least 4 members (excludes halogenated alkanes) is 5. The molecule has 0 saturated carbocycles. The number of esters is 1. The van der Waals surface area contributed by atoms with E-state index in [9.17, 15) is 9.59 Å². The quantitative estimate of drug-likeness (QED) is 0.277. The van der Waals surface area contributed by atoms with E-state index < -0.39 is 5.97 Å². The number of fused-ring (bicyclic) bond motifs is 1. The SMILES string of the molecule is CCCCCCOc1ccc2c(OCCCC)c(OC(C)=O)c(=O)n(CCCC)c2c1. The molecule has 0 bridgehead atoms. The summed E-state index contributed by atoms with van der Waals surface area (Å²) in [7, 11) is 0. The second kappa shape index (κ2) is 13.0. The molecule has 172 valence electrons. The van der Waals surface area contributed by atoms with Crippen molar-refractivity contribution < 1.29 is 19.0 Å². The first kappa shape index (κ1) is 24.8. The Bertz CT molecular complexity index is 903. The highest BCUT2D eigenvalue weighted by Crippen LogP contribution is 2.35. The van der Waals surface area contributed by atoms with Gasteiger partial charge in [0.25, 0.3) is 5.56 Å². The van der Waals surface area contributed by atoms with Crippen LogP contribution in [-0.4, -0.2) is 23.8 Å². The van der Waals surface area contributed by atoms with Gasteiger partial charge < -0.3 is 18.8 Å². The Labute approximate surface area is 185 Å². The van der Waals surface area contributed by atoms with Crippen LogP contribution in [0.15, 0.2) is 23.0 Å². The zero-order chi connectivity index (χ0) is 22.6. The van der Waals surface area contributed by atoms with Crippen LogP contribution in [0.5, 0.6) is 17.2 Å². The van der Waals surface area contributed by atoms with Gasteiger partial charge in [-0.1, -0.05) is 52.9 Å². The van der Waals surface area contributed by atoms with E-state index in [2.05, 4.69) is 20.8 Å². The Morgan fingerprint density at radius 1 is 0.871 bits per heavy atom. The Kier molecular flexibility index (Phi) is 10.4. The fraction of sp³-hybridized carbons (Fsp3) is 0.600. The summed E-state index contributed by atoms with van der Waals surface area (Å²) < 4.78 is 18.9. The van der Waals surface area contributed by atoms with Crippen LogP contribution in [-0.2, 0) is 11.3 Å². The van der Waals surface area contributed by atoms with Gasteiger partial charge in [0.15, 0.2) is 5.75 Å². The predicted molar refractivity (Wildman–Crippen MR) is 124 cm³/mol. The van der Waals surface area contributed by atoms with E-state index in [-0.39, 0.29) is 11.3 Å². The minimum absolute atomic E-state index is 0.0274. The summed E-state index contributed by atoms with van der Waals surface area (Å²) in [5.41, 5.74) is 0.398. The van der Waals surface area contributed by atoms with Gasteiger partial charge in [0.05, 0.1) is 18.7 Å². The third kappa shape index (κ3) is 7.01.